The number of hydrogen-bond acceptors (Lipinski definition) is 5. The number of anilines is 1. The molecule has 24 heavy (non-hydrogen) atoms. The van der Waals surface area contributed by atoms with Crippen molar-refractivity contribution in [1.29, 1.82) is 0 Å². The third-order valence-corrected chi connectivity index (χ3v) is 4.89. The molecule has 0 saturated heterocycles. The molecule has 4 aromatic rings. The third-order valence-electron chi connectivity index (χ3n) is 3.78. The summed E-state index contributed by atoms with van der Waals surface area (Å²) in [5, 5.41) is 0.720. The minimum absolute atomic E-state index is 0.323. The highest BCUT2D eigenvalue weighted by atomic mass is 32.1. The van der Waals surface area contributed by atoms with Gasteiger partial charge in [0.25, 0.3) is 5.91 Å². The number of hydrogen-bond donors (Lipinski definition) is 3. The number of benzene rings is 1. The fraction of sp³-hybridized carbons (Fsp3) is 0. The van der Waals surface area contributed by atoms with Crippen molar-refractivity contribution in [3.63, 3.8) is 0 Å². The van der Waals surface area contributed by atoms with E-state index < -0.39 is 5.91 Å². The monoisotopic (exact) mass is 335 g/mol. The smallest absolute Gasteiger partial charge is 0.260 e. The molecule has 6 nitrogen and oxygen atoms in total. The van der Waals surface area contributed by atoms with Gasteiger partial charge in [0.05, 0.1) is 29.6 Å². The van der Waals surface area contributed by atoms with Crippen molar-refractivity contribution in [3.8, 4) is 22.5 Å². The van der Waals surface area contributed by atoms with Gasteiger partial charge >= 0.3 is 0 Å². The molecule has 0 bridgehead atoms. The molecule has 0 aliphatic rings. The lowest BCUT2D eigenvalue weighted by molar-refractivity contribution is 0.100. The predicted molar refractivity (Wildman–Crippen MR) is 95.6 cm³/mol. The van der Waals surface area contributed by atoms with Crippen molar-refractivity contribution in [1.82, 2.24) is 15.0 Å². The largest absolute Gasteiger partial charge is 0.397 e. The molecule has 1 aromatic carbocycles. The molecular formula is C17H13N5OS. The van der Waals surface area contributed by atoms with Crippen LogP contribution in [0.5, 0.6) is 0 Å². The number of fused-ring (bicyclic) bond motifs is 1. The zero-order chi connectivity index (χ0) is 16.7. The van der Waals surface area contributed by atoms with E-state index in [-0.39, 0.29) is 0 Å². The quantitative estimate of drug-likeness (QED) is 0.534. The Morgan fingerprint density at radius 2 is 2.00 bits per heavy atom. The summed E-state index contributed by atoms with van der Waals surface area (Å²) < 4.78 is 0. The van der Waals surface area contributed by atoms with Gasteiger partial charge in [-0.1, -0.05) is 30.3 Å². The topological polar surface area (TPSA) is 111 Å². The number of aromatic nitrogens is 3. The van der Waals surface area contributed by atoms with Crippen LogP contribution in [-0.4, -0.2) is 20.9 Å². The highest BCUT2D eigenvalue weighted by molar-refractivity contribution is 7.21. The number of nitrogens with two attached hydrogens (primary N) is 2. The molecule has 0 unspecified atom stereocenters. The number of aromatic amines is 1. The number of H-pyrrole nitrogens is 1. The number of nitrogens with zero attached hydrogens (tertiary/aromatic N) is 2. The van der Waals surface area contributed by atoms with Gasteiger partial charge in [-0.25, -0.2) is 9.97 Å². The first-order valence-corrected chi connectivity index (χ1v) is 8.04. The van der Waals surface area contributed by atoms with Crippen LogP contribution < -0.4 is 11.5 Å². The van der Waals surface area contributed by atoms with Crippen LogP contribution in [0.4, 0.5) is 5.69 Å². The molecule has 1 amide bonds. The van der Waals surface area contributed by atoms with Crippen molar-refractivity contribution in [3.05, 3.63) is 53.8 Å². The molecule has 0 fully saturated rings. The molecule has 0 aliphatic carbocycles. The van der Waals surface area contributed by atoms with E-state index in [0.717, 1.165) is 27.9 Å². The Kier molecular flexibility index (Phi) is 3.28. The number of pyridine rings is 1. The van der Waals surface area contributed by atoms with Gasteiger partial charge in [0.1, 0.15) is 9.71 Å². The summed E-state index contributed by atoms with van der Waals surface area (Å²) >= 11 is 1.21. The lowest BCUT2D eigenvalue weighted by atomic mass is 10.0. The number of amides is 1. The van der Waals surface area contributed by atoms with Crippen LogP contribution >= 0.6 is 11.3 Å². The van der Waals surface area contributed by atoms with E-state index in [2.05, 4.69) is 15.0 Å². The number of primary amides is 1. The van der Waals surface area contributed by atoms with Gasteiger partial charge in [-0.3, -0.25) is 4.79 Å². The minimum Gasteiger partial charge on any atom is -0.397 e. The number of thiophene rings is 1. The van der Waals surface area contributed by atoms with Crippen LogP contribution in [0, 0.1) is 0 Å². The summed E-state index contributed by atoms with van der Waals surface area (Å²) in [5.74, 6) is -0.549. The second-order valence-corrected chi connectivity index (χ2v) is 6.27. The molecule has 3 heterocycles. The number of rotatable bonds is 3. The number of imidazole rings is 1. The Morgan fingerprint density at radius 1 is 1.21 bits per heavy atom. The molecule has 0 saturated carbocycles. The molecule has 3 aromatic heterocycles. The van der Waals surface area contributed by atoms with Gasteiger partial charge in [0.15, 0.2) is 0 Å². The molecule has 118 valence electrons. The Hall–Kier alpha value is -3.19. The number of nitrogen functional groups attached to an aromatic ring is 1. The first-order chi connectivity index (χ1) is 11.6. The highest BCUT2D eigenvalue weighted by Crippen LogP contribution is 2.40. The van der Waals surface area contributed by atoms with Gasteiger partial charge < -0.3 is 16.5 Å². The number of carbonyl (C=O) groups excluding carboxylic acids is 1. The first-order valence-electron chi connectivity index (χ1n) is 7.22. The van der Waals surface area contributed by atoms with Gasteiger partial charge in [0.2, 0.25) is 0 Å². The second kappa shape index (κ2) is 5.47. The highest BCUT2D eigenvalue weighted by Gasteiger charge is 2.20. The Balaban J connectivity index is 2.07. The molecule has 5 N–H and O–H groups in total. The first kappa shape index (κ1) is 14.4. The average Bonchev–Trinajstić information content (AvgIpc) is 3.23. The normalized spacial score (nSPS) is 11.0. The maximum Gasteiger partial charge on any atom is 0.260 e. The van der Waals surface area contributed by atoms with Crippen LogP contribution in [-0.2, 0) is 0 Å². The summed E-state index contributed by atoms with van der Waals surface area (Å²) in [4.78, 5) is 24.5. The van der Waals surface area contributed by atoms with Crippen LogP contribution in [0.1, 0.15) is 9.67 Å². The second-order valence-electron chi connectivity index (χ2n) is 5.28. The number of carbonyl (C=O) groups is 1. The fourth-order valence-electron chi connectivity index (χ4n) is 2.68. The third kappa shape index (κ3) is 2.22. The zero-order valence-electron chi connectivity index (χ0n) is 12.5. The molecular weight excluding hydrogens is 322 g/mol. The average molecular weight is 335 g/mol. The molecule has 0 spiro atoms. The Morgan fingerprint density at radius 3 is 2.67 bits per heavy atom. The van der Waals surface area contributed by atoms with E-state index in [9.17, 15) is 4.79 Å². The zero-order valence-corrected chi connectivity index (χ0v) is 13.3. The van der Waals surface area contributed by atoms with Crippen LogP contribution in [0.15, 0.2) is 48.9 Å². The SMILES string of the molecule is NC(=O)c1sc2nc(-c3ccccc3)cc(-c3cnc[nH]3)c2c1N. The predicted octanol–water partition coefficient (Wildman–Crippen LogP) is 3.03. The van der Waals surface area contributed by atoms with E-state index in [0.29, 0.717) is 15.4 Å². The molecule has 0 radical (unpaired) electrons. The standard InChI is InChI=1S/C17H13N5OS/c18-14-13-10(12-7-20-8-21-12)6-11(9-4-2-1-3-5-9)22-17(13)24-15(14)16(19)23/h1-8H,18H2,(H2,19,23)(H,20,21). The molecule has 4 rings (SSSR count). The lowest BCUT2D eigenvalue weighted by Gasteiger charge is -2.07. The Labute approximate surface area is 141 Å². The summed E-state index contributed by atoms with van der Waals surface area (Å²) in [5.41, 5.74) is 15.4. The molecule has 0 aliphatic heterocycles. The summed E-state index contributed by atoms with van der Waals surface area (Å²) in [6, 6.07) is 11.8. The Bertz CT molecular complexity index is 1040. The van der Waals surface area contributed by atoms with Crippen LogP contribution in [0.2, 0.25) is 0 Å². The summed E-state index contributed by atoms with van der Waals surface area (Å²) in [6.45, 7) is 0. The van der Waals surface area contributed by atoms with E-state index in [1.165, 1.54) is 11.3 Å². The van der Waals surface area contributed by atoms with Gasteiger partial charge in [-0.05, 0) is 6.07 Å². The van der Waals surface area contributed by atoms with Crippen molar-refractivity contribution in [2.24, 2.45) is 5.73 Å². The molecule has 0 atom stereocenters. The van der Waals surface area contributed by atoms with E-state index in [1.807, 2.05) is 36.4 Å². The summed E-state index contributed by atoms with van der Waals surface area (Å²) in [7, 11) is 0. The van der Waals surface area contributed by atoms with Gasteiger partial charge in [-0.15, -0.1) is 11.3 Å². The van der Waals surface area contributed by atoms with Crippen molar-refractivity contribution in [2.75, 3.05) is 5.73 Å². The van der Waals surface area contributed by atoms with Crippen LogP contribution in [0.25, 0.3) is 32.7 Å². The molecule has 7 heteroatoms. The van der Waals surface area contributed by atoms with E-state index >= 15 is 0 Å². The van der Waals surface area contributed by atoms with Gasteiger partial charge in [-0.2, -0.15) is 0 Å². The number of nitrogens with one attached hydrogen (secondary N) is 1. The minimum atomic E-state index is -0.549. The van der Waals surface area contributed by atoms with Crippen molar-refractivity contribution < 1.29 is 4.79 Å². The maximum absolute atomic E-state index is 11.6. The fourth-order valence-corrected chi connectivity index (χ4v) is 3.65. The van der Waals surface area contributed by atoms with Crippen molar-refractivity contribution >= 4 is 33.1 Å². The van der Waals surface area contributed by atoms with Crippen molar-refractivity contribution in [2.45, 2.75) is 0 Å². The van der Waals surface area contributed by atoms with Gasteiger partial charge in [0, 0.05) is 16.5 Å². The van der Waals surface area contributed by atoms with E-state index in [1.54, 1.807) is 12.5 Å². The van der Waals surface area contributed by atoms with Crippen LogP contribution in [0.3, 0.4) is 0 Å². The van der Waals surface area contributed by atoms with E-state index in [4.69, 9.17) is 11.5 Å². The summed E-state index contributed by atoms with van der Waals surface area (Å²) in [6.07, 6.45) is 3.31. The lowest BCUT2D eigenvalue weighted by Crippen LogP contribution is -2.10. The maximum atomic E-state index is 11.6.